The Balaban J connectivity index is 1.57. The Morgan fingerprint density at radius 3 is 2.47 bits per heavy atom. The van der Waals surface area contributed by atoms with E-state index in [-0.39, 0.29) is 13.0 Å². The third kappa shape index (κ3) is 4.65. The lowest BCUT2D eigenvalue weighted by molar-refractivity contribution is -0.149. The van der Waals surface area contributed by atoms with E-state index < -0.39 is 12.1 Å². The Morgan fingerprint density at radius 2 is 1.75 bits per heavy atom. The fraction of sp³-hybridized carbons (Fsp3) is 0.231. The summed E-state index contributed by atoms with van der Waals surface area (Å²) in [7, 11) is 0. The molecule has 0 spiro atoms. The van der Waals surface area contributed by atoms with E-state index in [2.05, 4.69) is 4.98 Å². The third-order valence-corrected chi connectivity index (χ3v) is 5.30. The van der Waals surface area contributed by atoms with Crippen molar-refractivity contribution in [2.24, 2.45) is 0 Å². The minimum absolute atomic E-state index is 0.266. The highest BCUT2D eigenvalue weighted by Crippen LogP contribution is 2.31. The fourth-order valence-corrected chi connectivity index (χ4v) is 3.67. The van der Waals surface area contributed by atoms with E-state index >= 15 is 0 Å². The number of aromatic nitrogens is 1. The lowest BCUT2D eigenvalue weighted by Crippen LogP contribution is -2.26. The lowest BCUT2D eigenvalue weighted by Gasteiger charge is -2.16. The summed E-state index contributed by atoms with van der Waals surface area (Å²) >= 11 is 0. The number of aryl methyl sites for hydroxylation is 1. The molecule has 0 fully saturated rings. The molecule has 0 saturated carbocycles. The number of rotatable bonds is 9. The van der Waals surface area contributed by atoms with E-state index in [1.807, 2.05) is 73.7 Å². The molecule has 0 saturated heterocycles. The van der Waals surface area contributed by atoms with Gasteiger partial charge in [-0.25, -0.2) is 9.78 Å². The Bertz CT molecular complexity index is 1220. The van der Waals surface area contributed by atoms with Crippen LogP contribution in [0.1, 0.15) is 23.9 Å². The zero-order valence-corrected chi connectivity index (χ0v) is 18.1. The van der Waals surface area contributed by atoms with E-state index in [4.69, 9.17) is 13.9 Å². The van der Waals surface area contributed by atoms with E-state index in [1.54, 1.807) is 6.92 Å². The number of hydrogen-bond acceptors (Lipinski definition) is 5. The third-order valence-electron chi connectivity index (χ3n) is 5.30. The van der Waals surface area contributed by atoms with Crippen LogP contribution in [0.25, 0.3) is 22.2 Å². The van der Waals surface area contributed by atoms with Crippen LogP contribution in [0.3, 0.4) is 0 Å². The number of carboxylic acids is 1. The number of aliphatic carboxylic acids is 1. The van der Waals surface area contributed by atoms with E-state index in [9.17, 15) is 9.90 Å². The van der Waals surface area contributed by atoms with Gasteiger partial charge in [-0.2, -0.15) is 0 Å². The summed E-state index contributed by atoms with van der Waals surface area (Å²) < 4.78 is 17.3. The largest absolute Gasteiger partial charge is 0.487 e. The number of fused-ring (bicyclic) bond motifs is 1. The molecule has 164 valence electrons. The number of nitrogens with zero attached hydrogens (tertiary/aromatic N) is 1. The van der Waals surface area contributed by atoms with Crippen LogP contribution in [0.15, 0.2) is 71.1 Å². The summed E-state index contributed by atoms with van der Waals surface area (Å²) in [6, 6.07) is 21.3. The maximum atomic E-state index is 11.5. The van der Waals surface area contributed by atoms with Gasteiger partial charge in [-0.3, -0.25) is 0 Å². The Kier molecular flexibility index (Phi) is 6.52. The molecule has 0 aliphatic rings. The monoisotopic (exact) mass is 431 g/mol. The molecule has 3 aromatic carbocycles. The maximum Gasteiger partial charge on any atom is 0.333 e. The molecular weight excluding hydrogens is 406 g/mol. The van der Waals surface area contributed by atoms with Crippen molar-refractivity contribution in [1.82, 2.24) is 4.98 Å². The van der Waals surface area contributed by atoms with Gasteiger partial charge >= 0.3 is 5.97 Å². The maximum absolute atomic E-state index is 11.5. The van der Waals surface area contributed by atoms with Crippen molar-refractivity contribution in [1.29, 1.82) is 0 Å². The predicted molar refractivity (Wildman–Crippen MR) is 122 cm³/mol. The normalized spacial score (nSPS) is 12.1. The van der Waals surface area contributed by atoms with Crippen LogP contribution >= 0.6 is 0 Å². The van der Waals surface area contributed by atoms with Crippen molar-refractivity contribution in [3.8, 4) is 17.2 Å². The lowest BCUT2D eigenvalue weighted by atomic mass is 9.99. The SMILES string of the molecule is CCOC(Cc1ccc(OCc2nc(-c3ccccc3)oc2C)c2ccccc12)C(=O)O. The average molecular weight is 431 g/mol. The van der Waals surface area contributed by atoms with Gasteiger partial charge in [0.2, 0.25) is 5.89 Å². The minimum atomic E-state index is -0.966. The zero-order chi connectivity index (χ0) is 22.5. The molecule has 0 amide bonds. The van der Waals surface area contributed by atoms with E-state index in [0.717, 1.165) is 27.6 Å². The van der Waals surface area contributed by atoms with Gasteiger partial charge in [0.1, 0.15) is 23.8 Å². The number of ether oxygens (including phenoxy) is 2. The van der Waals surface area contributed by atoms with Crippen molar-refractivity contribution < 1.29 is 23.8 Å². The molecule has 32 heavy (non-hydrogen) atoms. The Labute approximate surface area is 186 Å². The summed E-state index contributed by atoms with van der Waals surface area (Å²) in [5, 5.41) is 11.3. The van der Waals surface area contributed by atoms with Crippen molar-refractivity contribution in [3.05, 3.63) is 83.7 Å². The standard InChI is InChI=1S/C26H25NO5/c1-3-30-24(26(28)29)15-19-13-14-23(21-12-8-7-11-20(19)21)31-16-22-17(2)32-25(27-22)18-9-5-4-6-10-18/h4-14,24H,3,15-16H2,1-2H3,(H,28,29). The minimum Gasteiger partial charge on any atom is -0.487 e. The second kappa shape index (κ2) is 9.66. The highest BCUT2D eigenvalue weighted by molar-refractivity contribution is 5.91. The van der Waals surface area contributed by atoms with Gasteiger partial charge < -0.3 is 19.0 Å². The summed E-state index contributed by atoms with van der Waals surface area (Å²) in [5.74, 6) is 1.02. The second-order valence-electron chi connectivity index (χ2n) is 7.43. The summed E-state index contributed by atoms with van der Waals surface area (Å²) in [5.41, 5.74) is 2.55. The first-order chi connectivity index (χ1) is 15.6. The van der Waals surface area contributed by atoms with Gasteiger partial charge in [-0.1, -0.05) is 48.5 Å². The molecule has 1 atom stereocenters. The molecule has 6 nitrogen and oxygen atoms in total. The van der Waals surface area contributed by atoms with Crippen LogP contribution in [-0.4, -0.2) is 28.8 Å². The van der Waals surface area contributed by atoms with Gasteiger partial charge in [0.15, 0.2) is 6.10 Å². The molecule has 1 heterocycles. The average Bonchev–Trinajstić information content (AvgIpc) is 3.19. The Morgan fingerprint density at radius 1 is 1.03 bits per heavy atom. The number of benzene rings is 3. The van der Waals surface area contributed by atoms with Crippen LogP contribution in [0.5, 0.6) is 5.75 Å². The van der Waals surface area contributed by atoms with Crippen LogP contribution < -0.4 is 4.74 Å². The number of carbonyl (C=O) groups is 1. The van der Waals surface area contributed by atoms with Crippen molar-refractivity contribution >= 4 is 16.7 Å². The molecule has 1 aromatic heterocycles. The van der Waals surface area contributed by atoms with Crippen molar-refractivity contribution in [3.63, 3.8) is 0 Å². The molecule has 4 aromatic rings. The van der Waals surface area contributed by atoms with Crippen molar-refractivity contribution in [2.45, 2.75) is 33.0 Å². The molecular formula is C26H25NO5. The molecule has 0 bridgehead atoms. The van der Waals surface area contributed by atoms with Gasteiger partial charge in [0.25, 0.3) is 0 Å². The highest BCUT2D eigenvalue weighted by Gasteiger charge is 2.20. The predicted octanol–water partition coefficient (Wildman–Crippen LogP) is 5.41. The molecule has 0 aliphatic carbocycles. The summed E-state index contributed by atoms with van der Waals surface area (Å²) in [4.78, 5) is 16.1. The van der Waals surface area contributed by atoms with Crippen LogP contribution in [0.2, 0.25) is 0 Å². The first-order valence-corrected chi connectivity index (χ1v) is 10.6. The van der Waals surface area contributed by atoms with Crippen LogP contribution in [0, 0.1) is 6.92 Å². The smallest absolute Gasteiger partial charge is 0.333 e. The zero-order valence-electron chi connectivity index (χ0n) is 18.1. The molecule has 1 unspecified atom stereocenters. The van der Waals surface area contributed by atoms with Crippen LogP contribution in [-0.2, 0) is 22.6 Å². The van der Waals surface area contributed by atoms with Gasteiger partial charge in [0, 0.05) is 24.0 Å². The molecule has 1 N–H and O–H groups in total. The van der Waals surface area contributed by atoms with Gasteiger partial charge in [-0.05, 0) is 43.0 Å². The molecule has 0 radical (unpaired) electrons. The summed E-state index contributed by atoms with van der Waals surface area (Å²) in [6.45, 7) is 4.28. The second-order valence-corrected chi connectivity index (χ2v) is 7.43. The van der Waals surface area contributed by atoms with Gasteiger partial charge in [-0.15, -0.1) is 0 Å². The summed E-state index contributed by atoms with van der Waals surface area (Å²) in [6.07, 6.45) is -0.600. The number of hydrogen-bond donors (Lipinski definition) is 1. The highest BCUT2D eigenvalue weighted by atomic mass is 16.5. The topological polar surface area (TPSA) is 81.8 Å². The van der Waals surface area contributed by atoms with Gasteiger partial charge in [0.05, 0.1) is 0 Å². The fourth-order valence-electron chi connectivity index (χ4n) is 3.67. The van der Waals surface area contributed by atoms with E-state index in [0.29, 0.717) is 24.0 Å². The number of oxazole rings is 1. The molecule has 4 rings (SSSR count). The Hall–Kier alpha value is -3.64. The first kappa shape index (κ1) is 21.6. The van der Waals surface area contributed by atoms with Crippen molar-refractivity contribution in [2.75, 3.05) is 6.61 Å². The molecule has 0 aliphatic heterocycles. The molecule has 6 heteroatoms. The van der Waals surface area contributed by atoms with Crippen LogP contribution in [0.4, 0.5) is 0 Å². The first-order valence-electron chi connectivity index (χ1n) is 10.6. The quantitative estimate of drug-likeness (QED) is 0.381. The van der Waals surface area contributed by atoms with E-state index in [1.165, 1.54) is 0 Å². The number of carboxylic acid groups (broad SMARTS) is 1.